The molecule has 8 heteroatoms. The summed E-state index contributed by atoms with van der Waals surface area (Å²) >= 11 is 6.14. The lowest BCUT2D eigenvalue weighted by Crippen LogP contribution is -2.38. The summed E-state index contributed by atoms with van der Waals surface area (Å²) in [5, 5.41) is 14.3. The standard InChI is InChI=1S/C18H22ClN5O2/c1-26-16-3-2-11(19)8-15(16)24-7-5-12(10-24)21-18(25)17-13-9-20-6-4-14(13)22-23-17/h2-3,8,12,20H,4-7,9-10H2,1H3,(H,21,25)(H,22,23). The van der Waals surface area contributed by atoms with Crippen molar-refractivity contribution in [3.63, 3.8) is 0 Å². The molecule has 0 spiro atoms. The summed E-state index contributed by atoms with van der Waals surface area (Å²) in [4.78, 5) is 14.9. The molecule has 26 heavy (non-hydrogen) atoms. The summed E-state index contributed by atoms with van der Waals surface area (Å²) in [5.41, 5.74) is 3.51. The van der Waals surface area contributed by atoms with Crippen molar-refractivity contribution < 1.29 is 9.53 Å². The van der Waals surface area contributed by atoms with Crippen LogP contribution in [0.4, 0.5) is 5.69 Å². The lowest BCUT2D eigenvalue weighted by Gasteiger charge is -2.21. The normalized spacial score (nSPS) is 19.3. The second-order valence-corrected chi connectivity index (χ2v) is 7.11. The Balaban J connectivity index is 1.44. The summed E-state index contributed by atoms with van der Waals surface area (Å²) < 4.78 is 5.44. The quantitative estimate of drug-likeness (QED) is 0.758. The summed E-state index contributed by atoms with van der Waals surface area (Å²) in [6, 6.07) is 5.65. The first-order valence-corrected chi connectivity index (χ1v) is 9.19. The molecule has 0 aliphatic carbocycles. The fourth-order valence-corrected chi connectivity index (χ4v) is 3.84. The number of carbonyl (C=O) groups is 1. The van der Waals surface area contributed by atoms with E-state index in [0.717, 1.165) is 48.6 Å². The number of anilines is 1. The topological polar surface area (TPSA) is 82.3 Å². The van der Waals surface area contributed by atoms with Gasteiger partial charge in [0.2, 0.25) is 0 Å². The predicted molar refractivity (Wildman–Crippen MR) is 100 cm³/mol. The molecule has 1 amide bonds. The van der Waals surface area contributed by atoms with Gasteiger partial charge in [-0.2, -0.15) is 5.10 Å². The van der Waals surface area contributed by atoms with Crippen LogP contribution in [0.25, 0.3) is 0 Å². The number of fused-ring (bicyclic) bond motifs is 1. The number of H-pyrrole nitrogens is 1. The number of carbonyl (C=O) groups excluding carboxylic acids is 1. The van der Waals surface area contributed by atoms with Crippen molar-refractivity contribution in [2.45, 2.75) is 25.4 Å². The third-order valence-electron chi connectivity index (χ3n) is 5.03. The van der Waals surface area contributed by atoms with Crippen LogP contribution in [0.1, 0.15) is 28.2 Å². The van der Waals surface area contributed by atoms with E-state index < -0.39 is 0 Å². The molecular weight excluding hydrogens is 354 g/mol. The second kappa shape index (κ2) is 7.17. The first-order valence-electron chi connectivity index (χ1n) is 8.82. The maximum absolute atomic E-state index is 12.7. The van der Waals surface area contributed by atoms with E-state index in [1.165, 1.54) is 0 Å². The Morgan fingerprint density at radius 2 is 2.35 bits per heavy atom. The maximum atomic E-state index is 12.7. The molecule has 2 aromatic rings. The Hall–Kier alpha value is -2.25. The molecule has 0 saturated carbocycles. The number of halogens is 1. The molecule has 4 rings (SSSR count). The average molecular weight is 376 g/mol. The number of nitrogens with zero attached hydrogens (tertiary/aromatic N) is 2. The Labute approximate surface area is 157 Å². The number of benzene rings is 1. The second-order valence-electron chi connectivity index (χ2n) is 6.68. The Kier molecular flexibility index (Phi) is 4.74. The molecule has 1 saturated heterocycles. The Bertz CT molecular complexity index is 822. The zero-order valence-electron chi connectivity index (χ0n) is 14.6. The molecule has 1 aromatic carbocycles. The summed E-state index contributed by atoms with van der Waals surface area (Å²) in [6.07, 6.45) is 1.74. The zero-order valence-corrected chi connectivity index (χ0v) is 15.4. The van der Waals surface area contributed by atoms with Crippen molar-refractivity contribution in [1.29, 1.82) is 0 Å². The highest BCUT2D eigenvalue weighted by molar-refractivity contribution is 6.30. The van der Waals surface area contributed by atoms with Crippen LogP contribution in [-0.4, -0.2) is 48.9 Å². The van der Waals surface area contributed by atoms with Gasteiger partial charge in [-0.1, -0.05) is 11.6 Å². The van der Waals surface area contributed by atoms with E-state index in [0.29, 0.717) is 23.8 Å². The lowest BCUT2D eigenvalue weighted by atomic mass is 10.1. The molecule has 1 atom stereocenters. The minimum atomic E-state index is -0.115. The van der Waals surface area contributed by atoms with Gasteiger partial charge in [-0.05, 0) is 24.6 Å². The third-order valence-corrected chi connectivity index (χ3v) is 5.26. The summed E-state index contributed by atoms with van der Waals surface area (Å²) in [5.74, 6) is 0.671. The summed E-state index contributed by atoms with van der Waals surface area (Å²) in [7, 11) is 1.65. The highest BCUT2D eigenvalue weighted by Gasteiger charge is 2.28. The van der Waals surface area contributed by atoms with Crippen LogP contribution < -0.4 is 20.3 Å². The number of hydrogen-bond acceptors (Lipinski definition) is 5. The number of ether oxygens (including phenoxy) is 1. The molecule has 1 unspecified atom stereocenters. The van der Waals surface area contributed by atoms with E-state index in [1.54, 1.807) is 7.11 Å². The van der Waals surface area contributed by atoms with Crippen LogP contribution in [0, 0.1) is 0 Å². The van der Waals surface area contributed by atoms with Crippen molar-refractivity contribution in [1.82, 2.24) is 20.8 Å². The molecule has 0 bridgehead atoms. The van der Waals surface area contributed by atoms with E-state index in [4.69, 9.17) is 16.3 Å². The van der Waals surface area contributed by atoms with Crippen molar-refractivity contribution >= 4 is 23.2 Å². The summed E-state index contributed by atoms with van der Waals surface area (Å²) in [6.45, 7) is 3.15. The van der Waals surface area contributed by atoms with E-state index in [-0.39, 0.29) is 11.9 Å². The van der Waals surface area contributed by atoms with Gasteiger partial charge < -0.3 is 20.3 Å². The minimum absolute atomic E-state index is 0.0649. The Morgan fingerprint density at radius 3 is 3.19 bits per heavy atom. The van der Waals surface area contributed by atoms with Gasteiger partial charge in [0.1, 0.15) is 5.75 Å². The number of aromatic nitrogens is 2. The number of hydrogen-bond donors (Lipinski definition) is 3. The smallest absolute Gasteiger partial charge is 0.272 e. The van der Waals surface area contributed by atoms with E-state index in [1.807, 2.05) is 18.2 Å². The lowest BCUT2D eigenvalue weighted by molar-refractivity contribution is 0.0934. The van der Waals surface area contributed by atoms with Gasteiger partial charge in [0.05, 0.1) is 12.8 Å². The molecule has 7 nitrogen and oxygen atoms in total. The third kappa shape index (κ3) is 3.24. The molecule has 2 aliphatic heterocycles. The van der Waals surface area contributed by atoms with Crippen LogP contribution in [-0.2, 0) is 13.0 Å². The van der Waals surface area contributed by atoms with Gasteiger partial charge in [-0.3, -0.25) is 9.89 Å². The molecule has 1 aromatic heterocycles. The van der Waals surface area contributed by atoms with E-state index in [2.05, 4.69) is 25.7 Å². The molecule has 3 heterocycles. The maximum Gasteiger partial charge on any atom is 0.272 e. The van der Waals surface area contributed by atoms with Gasteiger partial charge in [-0.25, -0.2) is 0 Å². The van der Waals surface area contributed by atoms with Crippen LogP contribution in [0.3, 0.4) is 0 Å². The van der Waals surface area contributed by atoms with Crippen LogP contribution in [0.15, 0.2) is 18.2 Å². The number of nitrogens with one attached hydrogen (secondary N) is 3. The largest absolute Gasteiger partial charge is 0.495 e. The number of rotatable bonds is 4. The Morgan fingerprint density at radius 1 is 1.46 bits per heavy atom. The van der Waals surface area contributed by atoms with Gasteiger partial charge in [0.15, 0.2) is 5.69 Å². The molecule has 0 radical (unpaired) electrons. The zero-order chi connectivity index (χ0) is 18.1. The van der Waals surface area contributed by atoms with E-state index in [9.17, 15) is 4.79 Å². The number of methoxy groups -OCH3 is 1. The fourth-order valence-electron chi connectivity index (χ4n) is 3.67. The first-order chi connectivity index (χ1) is 12.7. The number of amides is 1. The molecule has 3 N–H and O–H groups in total. The van der Waals surface area contributed by atoms with Crippen molar-refractivity contribution in [2.75, 3.05) is 31.6 Å². The van der Waals surface area contributed by atoms with Crippen molar-refractivity contribution in [3.05, 3.63) is 40.2 Å². The highest BCUT2D eigenvalue weighted by Crippen LogP contribution is 2.33. The highest BCUT2D eigenvalue weighted by atomic mass is 35.5. The van der Waals surface area contributed by atoms with Crippen molar-refractivity contribution in [3.8, 4) is 5.75 Å². The predicted octanol–water partition coefficient (Wildman–Crippen LogP) is 1.73. The van der Waals surface area contributed by atoms with Crippen LogP contribution in [0.2, 0.25) is 5.02 Å². The van der Waals surface area contributed by atoms with E-state index >= 15 is 0 Å². The molecule has 1 fully saturated rings. The van der Waals surface area contributed by atoms with Gasteiger partial charge in [0.25, 0.3) is 5.91 Å². The van der Waals surface area contributed by atoms with Gasteiger partial charge in [-0.15, -0.1) is 0 Å². The van der Waals surface area contributed by atoms with Gasteiger partial charge >= 0.3 is 0 Å². The van der Waals surface area contributed by atoms with Crippen LogP contribution in [0.5, 0.6) is 5.75 Å². The first kappa shape index (κ1) is 17.2. The average Bonchev–Trinajstić information content (AvgIpc) is 3.28. The monoisotopic (exact) mass is 375 g/mol. The van der Waals surface area contributed by atoms with Crippen LogP contribution >= 0.6 is 11.6 Å². The fraction of sp³-hybridized carbons (Fsp3) is 0.444. The van der Waals surface area contributed by atoms with Gasteiger partial charge in [0, 0.05) is 54.9 Å². The number of aromatic amines is 1. The molecular formula is C18H22ClN5O2. The molecule has 138 valence electrons. The van der Waals surface area contributed by atoms with Crippen molar-refractivity contribution in [2.24, 2.45) is 0 Å². The minimum Gasteiger partial charge on any atom is -0.495 e. The molecule has 2 aliphatic rings. The SMILES string of the molecule is COc1ccc(Cl)cc1N1CCC(NC(=O)c2n[nH]c3c2CNCC3)C1.